The number of aromatic amines is 1. The number of nitrogens with zero attached hydrogens (tertiary/aromatic N) is 2. The number of piperidine rings is 1. The summed E-state index contributed by atoms with van der Waals surface area (Å²) in [7, 11) is 0. The van der Waals surface area contributed by atoms with E-state index in [1.54, 1.807) is 11.3 Å². The quantitative estimate of drug-likeness (QED) is 0.626. The standard InChI is InChI=1S/C22H28N4S/c1-17-8-10-26(11-9-17)16-19-6-4-18(5-7-19)13-23-14-20-15-24-25-22(20)21-3-2-12-27-21/h2-7,12,15,17,23H,8-11,13-14,16H2,1H3,(H,24,25). The molecule has 0 spiro atoms. The van der Waals surface area contributed by atoms with E-state index in [2.05, 4.69) is 69.1 Å². The lowest BCUT2D eigenvalue weighted by Crippen LogP contribution is -2.32. The van der Waals surface area contributed by atoms with Crippen molar-refractivity contribution in [3.63, 3.8) is 0 Å². The maximum atomic E-state index is 4.21. The molecule has 27 heavy (non-hydrogen) atoms. The first-order valence-corrected chi connectivity index (χ1v) is 10.7. The Hall–Kier alpha value is -1.95. The van der Waals surface area contributed by atoms with Gasteiger partial charge in [0.15, 0.2) is 0 Å². The summed E-state index contributed by atoms with van der Waals surface area (Å²) in [5.41, 5.74) is 5.09. The lowest BCUT2D eigenvalue weighted by molar-refractivity contribution is 0.185. The third kappa shape index (κ3) is 4.86. The number of aromatic nitrogens is 2. The maximum absolute atomic E-state index is 4.21. The molecule has 0 saturated carbocycles. The molecule has 0 atom stereocenters. The molecule has 4 rings (SSSR count). The van der Waals surface area contributed by atoms with E-state index in [9.17, 15) is 0 Å². The van der Waals surface area contributed by atoms with Crippen molar-refractivity contribution in [3.05, 3.63) is 64.7 Å². The molecule has 1 aromatic carbocycles. The first kappa shape index (κ1) is 18.4. The largest absolute Gasteiger partial charge is 0.308 e. The van der Waals surface area contributed by atoms with Crippen molar-refractivity contribution in [2.45, 2.75) is 39.4 Å². The zero-order valence-electron chi connectivity index (χ0n) is 15.9. The van der Waals surface area contributed by atoms with Crippen molar-refractivity contribution >= 4 is 11.3 Å². The summed E-state index contributed by atoms with van der Waals surface area (Å²) in [4.78, 5) is 3.82. The van der Waals surface area contributed by atoms with Gasteiger partial charge in [-0.25, -0.2) is 0 Å². The Morgan fingerprint density at radius 3 is 2.63 bits per heavy atom. The molecule has 3 aromatic rings. The Bertz CT molecular complexity index is 814. The third-order valence-corrected chi connectivity index (χ3v) is 6.32. The Labute approximate surface area is 165 Å². The van der Waals surface area contributed by atoms with E-state index in [-0.39, 0.29) is 0 Å². The molecule has 4 nitrogen and oxygen atoms in total. The molecule has 142 valence electrons. The topological polar surface area (TPSA) is 44.0 Å². The first-order chi connectivity index (χ1) is 13.3. The molecule has 1 aliphatic heterocycles. The van der Waals surface area contributed by atoms with Crippen LogP contribution in [0.1, 0.15) is 36.5 Å². The summed E-state index contributed by atoms with van der Waals surface area (Å²) in [6.07, 6.45) is 4.59. The zero-order chi connectivity index (χ0) is 18.5. The van der Waals surface area contributed by atoms with Crippen molar-refractivity contribution < 1.29 is 0 Å². The minimum atomic E-state index is 0.817. The number of H-pyrrole nitrogens is 1. The maximum Gasteiger partial charge on any atom is 0.0794 e. The van der Waals surface area contributed by atoms with E-state index in [1.807, 2.05) is 6.20 Å². The summed E-state index contributed by atoms with van der Waals surface area (Å²) in [5, 5.41) is 13.0. The highest BCUT2D eigenvalue weighted by Gasteiger charge is 2.15. The van der Waals surface area contributed by atoms with Gasteiger partial charge in [0.25, 0.3) is 0 Å². The van der Waals surface area contributed by atoms with Crippen LogP contribution in [0.2, 0.25) is 0 Å². The van der Waals surface area contributed by atoms with Crippen LogP contribution in [0.4, 0.5) is 0 Å². The van der Waals surface area contributed by atoms with Gasteiger partial charge in [-0.2, -0.15) is 5.10 Å². The number of hydrogen-bond donors (Lipinski definition) is 2. The smallest absolute Gasteiger partial charge is 0.0794 e. The van der Waals surface area contributed by atoms with Gasteiger partial charge in [0, 0.05) is 25.2 Å². The number of nitrogens with one attached hydrogen (secondary N) is 2. The number of benzene rings is 1. The first-order valence-electron chi connectivity index (χ1n) is 9.85. The molecular formula is C22H28N4S. The third-order valence-electron chi connectivity index (χ3n) is 5.44. The lowest BCUT2D eigenvalue weighted by Gasteiger charge is -2.30. The normalized spacial score (nSPS) is 16.0. The molecule has 5 heteroatoms. The minimum Gasteiger partial charge on any atom is -0.308 e. The fourth-order valence-corrected chi connectivity index (χ4v) is 4.42. The number of likely N-dealkylation sites (tertiary alicyclic amines) is 1. The molecule has 0 radical (unpaired) electrons. The Balaban J connectivity index is 1.27. The van der Waals surface area contributed by atoms with Crippen LogP contribution >= 0.6 is 11.3 Å². The molecular weight excluding hydrogens is 352 g/mol. The van der Waals surface area contributed by atoms with Gasteiger partial charge < -0.3 is 5.32 Å². The van der Waals surface area contributed by atoms with E-state index in [0.29, 0.717) is 0 Å². The van der Waals surface area contributed by atoms with Gasteiger partial charge in [0.1, 0.15) is 0 Å². The van der Waals surface area contributed by atoms with Crippen LogP contribution in [0.25, 0.3) is 10.6 Å². The summed E-state index contributed by atoms with van der Waals surface area (Å²) in [5.74, 6) is 0.894. The predicted octanol–water partition coefficient (Wildman–Crippen LogP) is 4.66. The van der Waals surface area contributed by atoms with E-state index < -0.39 is 0 Å². The van der Waals surface area contributed by atoms with Crippen LogP contribution in [0.3, 0.4) is 0 Å². The molecule has 1 saturated heterocycles. The number of thiophene rings is 1. The zero-order valence-corrected chi connectivity index (χ0v) is 16.8. The number of rotatable bonds is 7. The van der Waals surface area contributed by atoms with E-state index >= 15 is 0 Å². The van der Waals surface area contributed by atoms with Crippen LogP contribution in [-0.2, 0) is 19.6 Å². The van der Waals surface area contributed by atoms with Gasteiger partial charge >= 0.3 is 0 Å². The van der Waals surface area contributed by atoms with Gasteiger partial charge in [-0.1, -0.05) is 37.3 Å². The molecule has 2 N–H and O–H groups in total. The molecule has 0 bridgehead atoms. The Morgan fingerprint density at radius 1 is 1.11 bits per heavy atom. The second kappa shape index (κ2) is 8.83. The molecule has 1 aliphatic rings. The van der Waals surface area contributed by atoms with Crippen molar-refractivity contribution in [2.24, 2.45) is 5.92 Å². The average molecular weight is 381 g/mol. The number of hydrogen-bond acceptors (Lipinski definition) is 4. The molecule has 0 unspecified atom stereocenters. The van der Waals surface area contributed by atoms with Crippen molar-refractivity contribution in [2.75, 3.05) is 13.1 Å². The highest BCUT2D eigenvalue weighted by Crippen LogP contribution is 2.25. The van der Waals surface area contributed by atoms with Crippen LogP contribution in [0, 0.1) is 5.92 Å². The van der Waals surface area contributed by atoms with Gasteiger partial charge in [0.05, 0.1) is 16.8 Å². The highest BCUT2D eigenvalue weighted by atomic mass is 32.1. The van der Waals surface area contributed by atoms with Gasteiger partial charge in [0.2, 0.25) is 0 Å². The van der Waals surface area contributed by atoms with Crippen molar-refractivity contribution in [1.82, 2.24) is 20.4 Å². The summed E-state index contributed by atoms with van der Waals surface area (Å²) < 4.78 is 0. The Morgan fingerprint density at radius 2 is 1.89 bits per heavy atom. The summed E-state index contributed by atoms with van der Waals surface area (Å²) >= 11 is 1.74. The van der Waals surface area contributed by atoms with E-state index in [1.165, 1.54) is 47.5 Å². The van der Waals surface area contributed by atoms with E-state index in [0.717, 1.165) is 31.2 Å². The van der Waals surface area contributed by atoms with Gasteiger partial charge in [-0.15, -0.1) is 11.3 Å². The van der Waals surface area contributed by atoms with Gasteiger partial charge in [-0.3, -0.25) is 10.00 Å². The highest BCUT2D eigenvalue weighted by molar-refractivity contribution is 7.13. The summed E-state index contributed by atoms with van der Waals surface area (Å²) in [6.45, 7) is 7.61. The second-order valence-corrected chi connectivity index (χ2v) is 8.57. The van der Waals surface area contributed by atoms with Crippen LogP contribution in [0.5, 0.6) is 0 Å². The van der Waals surface area contributed by atoms with E-state index in [4.69, 9.17) is 0 Å². The fraction of sp³-hybridized carbons (Fsp3) is 0.409. The SMILES string of the molecule is CC1CCN(Cc2ccc(CNCc3cn[nH]c3-c3cccs3)cc2)CC1. The molecule has 3 heterocycles. The molecule has 0 aliphatic carbocycles. The lowest BCUT2D eigenvalue weighted by atomic mass is 9.99. The molecule has 2 aromatic heterocycles. The minimum absolute atomic E-state index is 0.817. The monoisotopic (exact) mass is 380 g/mol. The summed E-state index contributed by atoms with van der Waals surface area (Å²) in [6, 6.07) is 13.3. The Kier molecular flexibility index (Phi) is 6.02. The molecule has 0 amide bonds. The molecule has 1 fully saturated rings. The van der Waals surface area contributed by atoms with Crippen molar-refractivity contribution in [1.29, 1.82) is 0 Å². The fourth-order valence-electron chi connectivity index (χ4n) is 3.66. The predicted molar refractivity (Wildman–Crippen MR) is 113 cm³/mol. The van der Waals surface area contributed by atoms with Gasteiger partial charge in [-0.05, 0) is 54.4 Å². The average Bonchev–Trinajstić information content (AvgIpc) is 3.36. The second-order valence-electron chi connectivity index (χ2n) is 7.63. The van der Waals surface area contributed by atoms with Crippen LogP contribution in [0.15, 0.2) is 48.0 Å². The van der Waals surface area contributed by atoms with Crippen LogP contribution in [-0.4, -0.2) is 28.2 Å². The van der Waals surface area contributed by atoms with Crippen molar-refractivity contribution in [3.8, 4) is 10.6 Å². The van der Waals surface area contributed by atoms with Crippen LogP contribution < -0.4 is 5.32 Å².